The Balaban J connectivity index is 2.08. The Bertz CT molecular complexity index is 1160. The second kappa shape index (κ2) is 10.4. The lowest BCUT2D eigenvalue weighted by molar-refractivity contribution is -0.173. The zero-order valence-electron chi connectivity index (χ0n) is 20.7. The number of hydrogen-bond donors (Lipinski definition) is 0. The SMILES string of the molecule is CCOC(=O)C1(C(=O)OCC)C[C@H](c2ccc(OC)cc2)C(c2ccccc2)(c2ccccc2)C1=O. The van der Waals surface area contributed by atoms with E-state index >= 15 is 0 Å². The van der Waals surface area contributed by atoms with Crippen molar-refractivity contribution < 1.29 is 28.6 Å². The van der Waals surface area contributed by atoms with E-state index in [4.69, 9.17) is 14.2 Å². The van der Waals surface area contributed by atoms with E-state index in [1.165, 1.54) is 0 Å². The second-order valence-corrected chi connectivity index (χ2v) is 8.75. The number of Topliss-reactive ketones (excluding diaryl/α,β-unsaturated/α-hetero) is 1. The van der Waals surface area contributed by atoms with Crippen LogP contribution in [0.25, 0.3) is 0 Å². The van der Waals surface area contributed by atoms with Crippen LogP contribution in [-0.2, 0) is 29.3 Å². The van der Waals surface area contributed by atoms with Crippen LogP contribution in [0.1, 0.15) is 42.9 Å². The fourth-order valence-electron chi connectivity index (χ4n) is 5.43. The van der Waals surface area contributed by atoms with Crippen molar-refractivity contribution in [2.45, 2.75) is 31.6 Å². The highest BCUT2D eigenvalue weighted by molar-refractivity contribution is 6.26. The van der Waals surface area contributed by atoms with Crippen LogP contribution in [0.3, 0.4) is 0 Å². The van der Waals surface area contributed by atoms with Crippen molar-refractivity contribution in [3.05, 3.63) is 102 Å². The highest BCUT2D eigenvalue weighted by Crippen LogP contribution is 2.60. The lowest BCUT2D eigenvalue weighted by Gasteiger charge is -2.36. The molecule has 1 saturated carbocycles. The number of ketones is 1. The molecule has 0 spiro atoms. The van der Waals surface area contributed by atoms with E-state index in [0.29, 0.717) is 16.9 Å². The third kappa shape index (κ3) is 3.87. The quantitative estimate of drug-likeness (QED) is 0.335. The maximum Gasteiger partial charge on any atom is 0.331 e. The smallest absolute Gasteiger partial charge is 0.331 e. The summed E-state index contributed by atoms with van der Waals surface area (Å²) in [7, 11) is 1.58. The van der Waals surface area contributed by atoms with Gasteiger partial charge < -0.3 is 14.2 Å². The predicted molar refractivity (Wildman–Crippen MR) is 135 cm³/mol. The summed E-state index contributed by atoms with van der Waals surface area (Å²) in [5.74, 6) is -2.18. The molecule has 1 aliphatic carbocycles. The molecule has 0 heterocycles. The van der Waals surface area contributed by atoms with Gasteiger partial charge in [0.15, 0.2) is 5.78 Å². The van der Waals surface area contributed by atoms with Gasteiger partial charge in [0, 0.05) is 5.92 Å². The van der Waals surface area contributed by atoms with Crippen molar-refractivity contribution in [2.24, 2.45) is 5.41 Å². The Morgan fingerprint density at radius 2 is 1.25 bits per heavy atom. The first-order valence-electron chi connectivity index (χ1n) is 12.1. The Hall–Kier alpha value is -3.93. The van der Waals surface area contributed by atoms with E-state index in [0.717, 1.165) is 5.56 Å². The summed E-state index contributed by atoms with van der Waals surface area (Å²) in [5, 5.41) is 0. The second-order valence-electron chi connectivity index (χ2n) is 8.75. The van der Waals surface area contributed by atoms with Gasteiger partial charge in [0.1, 0.15) is 5.75 Å². The number of hydrogen-bond acceptors (Lipinski definition) is 6. The molecule has 0 amide bonds. The standard InChI is InChI=1S/C30H30O6/c1-4-35-27(32)29(28(33)36-5-2)20-25(21-16-18-24(34-3)19-17-21)30(26(29)31,22-12-8-6-9-13-22)23-14-10-7-11-15-23/h6-19,25H,4-5,20H2,1-3H3/t25-/m1/s1. The lowest BCUT2D eigenvalue weighted by atomic mass is 9.64. The number of rotatable bonds is 8. The summed E-state index contributed by atoms with van der Waals surface area (Å²) >= 11 is 0. The first kappa shape index (κ1) is 25.2. The van der Waals surface area contributed by atoms with Crippen molar-refractivity contribution in [3.63, 3.8) is 0 Å². The van der Waals surface area contributed by atoms with E-state index in [2.05, 4.69) is 0 Å². The first-order chi connectivity index (χ1) is 17.5. The monoisotopic (exact) mass is 486 g/mol. The fraction of sp³-hybridized carbons (Fsp3) is 0.300. The molecule has 0 unspecified atom stereocenters. The Morgan fingerprint density at radius 1 is 0.778 bits per heavy atom. The molecular weight excluding hydrogens is 456 g/mol. The van der Waals surface area contributed by atoms with Gasteiger partial charge in [-0.05, 0) is 49.1 Å². The van der Waals surface area contributed by atoms with Crippen molar-refractivity contribution >= 4 is 17.7 Å². The molecule has 1 atom stereocenters. The van der Waals surface area contributed by atoms with Gasteiger partial charge in [-0.1, -0.05) is 72.8 Å². The Kier molecular flexibility index (Phi) is 7.25. The number of ether oxygens (including phenoxy) is 3. The molecule has 6 nitrogen and oxygen atoms in total. The molecule has 1 fully saturated rings. The van der Waals surface area contributed by atoms with E-state index < -0.39 is 34.5 Å². The van der Waals surface area contributed by atoms with Gasteiger partial charge in [-0.2, -0.15) is 0 Å². The number of carbonyl (C=O) groups excluding carboxylic acids is 3. The summed E-state index contributed by atoms with van der Waals surface area (Å²) in [5.41, 5.74) is -1.26. The first-order valence-corrected chi connectivity index (χ1v) is 12.1. The van der Waals surface area contributed by atoms with E-state index in [-0.39, 0.29) is 19.6 Å². The minimum atomic E-state index is -2.11. The fourth-order valence-corrected chi connectivity index (χ4v) is 5.43. The van der Waals surface area contributed by atoms with Crippen LogP contribution >= 0.6 is 0 Å². The Labute approximate surface area is 211 Å². The van der Waals surface area contributed by atoms with Gasteiger partial charge in [-0.25, -0.2) is 0 Å². The number of benzene rings is 3. The molecule has 0 aliphatic heterocycles. The molecule has 0 N–H and O–H groups in total. The van der Waals surface area contributed by atoms with Crippen molar-refractivity contribution in [1.82, 2.24) is 0 Å². The minimum absolute atomic E-state index is 0.0319. The maximum absolute atomic E-state index is 14.9. The third-order valence-corrected chi connectivity index (χ3v) is 7.00. The predicted octanol–water partition coefficient (Wildman–Crippen LogP) is 4.85. The van der Waals surface area contributed by atoms with Crippen LogP contribution in [0.5, 0.6) is 5.75 Å². The summed E-state index contributed by atoms with van der Waals surface area (Å²) < 4.78 is 16.1. The zero-order chi connectivity index (χ0) is 25.8. The zero-order valence-corrected chi connectivity index (χ0v) is 20.7. The van der Waals surface area contributed by atoms with Gasteiger partial charge >= 0.3 is 11.9 Å². The number of methoxy groups -OCH3 is 1. The lowest BCUT2D eigenvalue weighted by Crippen LogP contribution is -2.50. The highest BCUT2D eigenvalue weighted by atomic mass is 16.6. The Morgan fingerprint density at radius 3 is 1.67 bits per heavy atom. The van der Waals surface area contributed by atoms with Gasteiger partial charge in [0.25, 0.3) is 0 Å². The molecule has 0 saturated heterocycles. The van der Waals surface area contributed by atoms with Gasteiger partial charge in [0.2, 0.25) is 5.41 Å². The van der Waals surface area contributed by atoms with Crippen LogP contribution in [0.2, 0.25) is 0 Å². The van der Waals surface area contributed by atoms with Crippen LogP contribution in [-0.4, -0.2) is 38.0 Å². The van der Waals surface area contributed by atoms with Crippen molar-refractivity contribution in [2.75, 3.05) is 20.3 Å². The molecule has 0 bridgehead atoms. The number of carbonyl (C=O) groups is 3. The summed E-state index contributed by atoms with van der Waals surface area (Å²) in [6, 6.07) is 26.0. The topological polar surface area (TPSA) is 78.9 Å². The molecule has 36 heavy (non-hydrogen) atoms. The van der Waals surface area contributed by atoms with Crippen LogP contribution in [0.15, 0.2) is 84.9 Å². The summed E-state index contributed by atoms with van der Waals surface area (Å²) in [6.45, 7) is 3.37. The van der Waals surface area contributed by atoms with Crippen LogP contribution in [0.4, 0.5) is 0 Å². The van der Waals surface area contributed by atoms with Gasteiger partial charge in [-0.15, -0.1) is 0 Å². The maximum atomic E-state index is 14.9. The van der Waals surface area contributed by atoms with Crippen molar-refractivity contribution in [1.29, 1.82) is 0 Å². The van der Waals surface area contributed by atoms with Crippen LogP contribution in [0, 0.1) is 5.41 Å². The molecule has 3 aromatic carbocycles. The normalized spacial score (nSPS) is 17.9. The van der Waals surface area contributed by atoms with E-state index in [1.807, 2.05) is 84.9 Å². The van der Waals surface area contributed by atoms with Crippen LogP contribution < -0.4 is 4.74 Å². The molecule has 1 aliphatic rings. The molecule has 186 valence electrons. The average molecular weight is 487 g/mol. The molecule has 6 heteroatoms. The van der Waals surface area contributed by atoms with Crippen molar-refractivity contribution in [3.8, 4) is 5.75 Å². The number of esters is 2. The van der Waals surface area contributed by atoms with E-state index in [9.17, 15) is 14.4 Å². The largest absolute Gasteiger partial charge is 0.497 e. The van der Waals surface area contributed by atoms with E-state index in [1.54, 1.807) is 21.0 Å². The minimum Gasteiger partial charge on any atom is -0.497 e. The molecule has 0 radical (unpaired) electrons. The highest BCUT2D eigenvalue weighted by Gasteiger charge is 2.71. The van der Waals surface area contributed by atoms with Gasteiger partial charge in [-0.3, -0.25) is 14.4 Å². The summed E-state index contributed by atoms with van der Waals surface area (Å²) in [4.78, 5) is 42.0. The van der Waals surface area contributed by atoms with Gasteiger partial charge in [0.05, 0.1) is 25.7 Å². The summed E-state index contributed by atoms with van der Waals surface area (Å²) in [6.07, 6.45) is -0.0837. The molecular formula is C30H30O6. The third-order valence-electron chi connectivity index (χ3n) is 7.00. The molecule has 0 aromatic heterocycles. The molecule has 4 rings (SSSR count). The average Bonchev–Trinajstić information content (AvgIpc) is 3.20. The molecule has 3 aromatic rings.